The van der Waals surface area contributed by atoms with Gasteiger partial charge in [0, 0.05) is 13.1 Å². The Kier molecular flexibility index (Phi) is 4.12. The molecule has 0 atom stereocenters. The topological polar surface area (TPSA) is 59.1 Å². The van der Waals surface area contributed by atoms with Gasteiger partial charge in [0.1, 0.15) is 0 Å². The zero-order valence-corrected chi connectivity index (χ0v) is 14.8. The third-order valence-corrected chi connectivity index (χ3v) is 5.02. The van der Waals surface area contributed by atoms with Crippen molar-refractivity contribution in [2.24, 2.45) is 0 Å². The molecule has 0 saturated carbocycles. The summed E-state index contributed by atoms with van der Waals surface area (Å²) in [6, 6.07) is 11.2. The van der Waals surface area contributed by atoms with E-state index < -0.39 is 11.7 Å². The Morgan fingerprint density at radius 1 is 1.00 bits per heavy atom. The minimum absolute atomic E-state index is 0.398. The maximum Gasteiger partial charge on any atom is 0.300 e. The summed E-state index contributed by atoms with van der Waals surface area (Å²) >= 11 is 0. The Bertz CT molecular complexity index is 893. The van der Waals surface area contributed by atoms with Crippen LogP contribution >= 0.6 is 0 Å². The first-order chi connectivity index (χ1) is 12.6. The number of hydrogen-bond donors (Lipinski definition) is 0. The number of nitrogens with zero attached hydrogens (tertiary/aromatic N) is 2. The van der Waals surface area contributed by atoms with E-state index in [9.17, 15) is 9.59 Å². The molecule has 6 heteroatoms. The molecule has 0 saturated heterocycles. The molecule has 2 aromatic carbocycles. The monoisotopic (exact) mass is 352 g/mol. The van der Waals surface area contributed by atoms with Crippen molar-refractivity contribution in [1.82, 2.24) is 4.90 Å². The van der Waals surface area contributed by atoms with Crippen molar-refractivity contribution in [3.05, 3.63) is 53.1 Å². The number of ketones is 1. The normalized spacial score (nSPS) is 16.5. The van der Waals surface area contributed by atoms with E-state index in [4.69, 9.17) is 9.47 Å². The predicted molar refractivity (Wildman–Crippen MR) is 96.8 cm³/mol. The molecule has 0 aromatic heterocycles. The number of Topliss-reactive ketones (excluding diaryl/α,β-unsaturated/α-hetero) is 1. The maximum atomic E-state index is 12.4. The zero-order valence-electron chi connectivity index (χ0n) is 14.8. The van der Waals surface area contributed by atoms with E-state index in [-0.39, 0.29) is 0 Å². The molecule has 2 heterocycles. The molecular weight excluding hydrogens is 332 g/mol. The van der Waals surface area contributed by atoms with E-state index in [0.717, 1.165) is 24.3 Å². The van der Waals surface area contributed by atoms with Crippen LogP contribution in [0.5, 0.6) is 11.5 Å². The molecule has 4 rings (SSSR count). The van der Waals surface area contributed by atoms with Gasteiger partial charge in [0.15, 0.2) is 11.5 Å². The quantitative estimate of drug-likeness (QED) is 0.790. The van der Waals surface area contributed by atoms with Crippen molar-refractivity contribution in [3.8, 4) is 11.5 Å². The summed E-state index contributed by atoms with van der Waals surface area (Å²) in [4.78, 5) is 28.3. The highest BCUT2D eigenvalue weighted by atomic mass is 16.5. The molecule has 6 nitrogen and oxygen atoms in total. The molecule has 2 aliphatic rings. The largest absolute Gasteiger partial charge is 0.493 e. The van der Waals surface area contributed by atoms with E-state index >= 15 is 0 Å². The number of anilines is 1. The van der Waals surface area contributed by atoms with Crippen molar-refractivity contribution < 1.29 is 19.1 Å². The van der Waals surface area contributed by atoms with Gasteiger partial charge >= 0.3 is 5.91 Å². The second-order valence-corrected chi connectivity index (χ2v) is 6.50. The highest BCUT2D eigenvalue weighted by Crippen LogP contribution is 2.34. The second-order valence-electron chi connectivity index (χ2n) is 6.50. The molecule has 0 fully saturated rings. The summed E-state index contributed by atoms with van der Waals surface area (Å²) in [5, 5.41) is 0. The highest BCUT2D eigenvalue weighted by molar-refractivity contribution is 6.52. The van der Waals surface area contributed by atoms with Crippen molar-refractivity contribution in [3.63, 3.8) is 0 Å². The van der Waals surface area contributed by atoms with Crippen LogP contribution in [0.1, 0.15) is 21.5 Å². The van der Waals surface area contributed by atoms with Crippen LogP contribution in [0.15, 0.2) is 36.4 Å². The number of fused-ring (bicyclic) bond motifs is 2. The van der Waals surface area contributed by atoms with Gasteiger partial charge in [0.25, 0.3) is 5.78 Å². The lowest BCUT2D eigenvalue weighted by Gasteiger charge is -2.32. The molecule has 0 aliphatic carbocycles. The van der Waals surface area contributed by atoms with E-state index in [1.807, 2.05) is 24.3 Å². The molecule has 2 aliphatic heterocycles. The Labute approximate surface area is 151 Å². The van der Waals surface area contributed by atoms with Gasteiger partial charge in [-0.05, 0) is 41.8 Å². The van der Waals surface area contributed by atoms with Crippen molar-refractivity contribution in [2.45, 2.75) is 13.0 Å². The summed E-state index contributed by atoms with van der Waals surface area (Å²) in [5.41, 5.74) is 3.56. The van der Waals surface area contributed by atoms with Gasteiger partial charge < -0.3 is 9.47 Å². The van der Waals surface area contributed by atoms with Crippen molar-refractivity contribution in [2.75, 3.05) is 32.3 Å². The minimum atomic E-state index is -0.454. The van der Waals surface area contributed by atoms with Gasteiger partial charge in [0.2, 0.25) is 0 Å². The standard InChI is InChI=1S/C20H20N2O4/c1-25-17-9-13-7-8-21(11-14(13)10-18(17)26-2)12-22-16-6-4-3-5-15(16)19(23)20(22)24/h3-6,9-10H,7-8,11-12H2,1-2H3. The van der Waals surface area contributed by atoms with Crippen LogP contribution in [0.3, 0.4) is 0 Å². The maximum absolute atomic E-state index is 12.4. The van der Waals surface area contributed by atoms with Crippen LogP contribution in [-0.2, 0) is 17.8 Å². The number of carbonyl (C=O) groups excluding carboxylic acids is 2. The first-order valence-electron chi connectivity index (χ1n) is 8.53. The van der Waals surface area contributed by atoms with Gasteiger partial charge in [-0.25, -0.2) is 0 Å². The summed E-state index contributed by atoms with van der Waals surface area (Å²) in [6.07, 6.45) is 0.854. The summed E-state index contributed by atoms with van der Waals surface area (Å²) < 4.78 is 10.8. The van der Waals surface area contributed by atoms with Gasteiger partial charge in [-0.2, -0.15) is 0 Å². The lowest BCUT2D eigenvalue weighted by molar-refractivity contribution is -0.114. The summed E-state index contributed by atoms with van der Waals surface area (Å²) in [7, 11) is 3.25. The molecule has 0 spiro atoms. The summed E-state index contributed by atoms with van der Waals surface area (Å²) in [5.74, 6) is 0.550. The van der Waals surface area contributed by atoms with Gasteiger partial charge in [0.05, 0.1) is 32.1 Å². The first kappa shape index (κ1) is 16.6. The highest BCUT2D eigenvalue weighted by Gasteiger charge is 2.36. The third kappa shape index (κ3) is 2.63. The van der Waals surface area contributed by atoms with E-state index in [1.165, 1.54) is 5.56 Å². The molecule has 1 amide bonds. The first-order valence-corrected chi connectivity index (χ1v) is 8.53. The van der Waals surface area contributed by atoms with E-state index in [1.54, 1.807) is 31.3 Å². The number of para-hydroxylation sites is 1. The smallest absolute Gasteiger partial charge is 0.300 e. The number of amides is 1. The number of ether oxygens (including phenoxy) is 2. The van der Waals surface area contributed by atoms with Crippen molar-refractivity contribution >= 4 is 17.4 Å². The SMILES string of the molecule is COc1cc2c(cc1OC)CN(CN1C(=O)C(=O)c3ccccc31)CC2. The lowest BCUT2D eigenvalue weighted by atomic mass is 9.99. The third-order valence-electron chi connectivity index (χ3n) is 5.02. The average Bonchev–Trinajstić information content (AvgIpc) is 2.92. The molecule has 0 radical (unpaired) electrons. The van der Waals surface area contributed by atoms with E-state index in [2.05, 4.69) is 4.90 Å². The fourth-order valence-corrected chi connectivity index (χ4v) is 3.65. The van der Waals surface area contributed by atoms with Crippen LogP contribution in [0, 0.1) is 0 Å². The van der Waals surface area contributed by atoms with Gasteiger partial charge in [-0.1, -0.05) is 12.1 Å². The summed E-state index contributed by atoms with van der Waals surface area (Å²) in [6.45, 7) is 1.90. The fraction of sp³-hybridized carbons (Fsp3) is 0.300. The van der Waals surface area contributed by atoms with Crippen LogP contribution < -0.4 is 14.4 Å². The molecule has 2 aromatic rings. The lowest BCUT2D eigenvalue weighted by Crippen LogP contribution is -2.43. The Morgan fingerprint density at radius 3 is 2.42 bits per heavy atom. The Morgan fingerprint density at radius 2 is 1.69 bits per heavy atom. The van der Waals surface area contributed by atoms with Crippen molar-refractivity contribution in [1.29, 1.82) is 0 Å². The van der Waals surface area contributed by atoms with Crippen LogP contribution in [-0.4, -0.2) is 44.0 Å². The minimum Gasteiger partial charge on any atom is -0.493 e. The number of rotatable bonds is 4. The molecule has 0 unspecified atom stereocenters. The number of carbonyl (C=O) groups is 2. The van der Waals surface area contributed by atoms with Crippen LogP contribution in [0.25, 0.3) is 0 Å². The number of methoxy groups -OCH3 is 2. The predicted octanol–water partition coefficient (Wildman–Crippen LogP) is 2.25. The molecule has 0 bridgehead atoms. The second kappa shape index (κ2) is 6.46. The Balaban J connectivity index is 1.57. The van der Waals surface area contributed by atoms with Crippen LogP contribution in [0.2, 0.25) is 0 Å². The number of benzene rings is 2. The Hall–Kier alpha value is -2.86. The average molecular weight is 352 g/mol. The fourth-order valence-electron chi connectivity index (χ4n) is 3.65. The van der Waals surface area contributed by atoms with Crippen LogP contribution in [0.4, 0.5) is 5.69 Å². The van der Waals surface area contributed by atoms with E-state index in [0.29, 0.717) is 30.2 Å². The zero-order chi connectivity index (χ0) is 18.3. The molecular formula is C20H20N2O4. The molecule has 0 N–H and O–H groups in total. The van der Waals surface area contributed by atoms with Gasteiger partial charge in [-0.15, -0.1) is 0 Å². The molecule has 26 heavy (non-hydrogen) atoms. The number of hydrogen-bond acceptors (Lipinski definition) is 5. The molecule has 134 valence electrons. The van der Waals surface area contributed by atoms with Gasteiger partial charge in [-0.3, -0.25) is 19.4 Å².